The molecule has 0 heterocycles. The monoisotopic (exact) mass is 235 g/mol. The van der Waals surface area contributed by atoms with Gasteiger partial charge in [0, 0.05) is 31.3 Å². The van der Waals surface area contributed by atoms with E-state index in [1.54, 1.807) is 24.3 Å². The molecule has 1 amide bonds. The molecule has 5 heteroatoms. The minimum atomic E-state index is -0.0750. The molecular formula is C12H17N3O2. The number of nitrogens with one attached hydrogen (secondary N) is 2. The van der Waals surface area contributed by atoms with E-state index in [0.717, 1.165) is 0 Å². The Labute approximate surface area is 100 Å². The van der Waals surface area contributed by atoms with E-state index < -0.39 is 0 Å². The zero-order valence-corrected chi connectivity index (χ0v) is 9.82. The lowest BCUT2D eigenvalue weighted by molar-refractivity contribution is -0.118. The molecule has 92 valence electrons. The molecule has 0 atom stereocenters. The lowest BCUT2D eigenvalue weighted by atomic mass is 10.1. The fraction of sp³-hybridized carbons (Fsp3) is 0.333. The van der Waals surface area contributed by atoms with E-state index in [2.05, 4.69) is 10.6 Å². The molecule has 0 saturated carbocycles. The molecule has 0 fully saturated rings. The van der Waals surface area contributed by atoms with Gasteiger partial charge in [-0.15, -0.1) is 0 Å². The Balaban J connectivity index is 2.28. The zero-order chi connectivity index (χ0) is 12.7. The second-order valence-electron chi connectivity index (χ2n) is 3.71. The summed E-state index contributed by atoms with van der Waals surface area (Å²) in [6.07, 6.45) is 0. The Morgan fingerprint density at radius 2 is 2.06 bits per heavy atom. The maximum Gasteiger partial charge on any atom is 0.216 e. The van der Waals surface area contributed by atoms with Gasteiger partial charge in [0.15, 0.2) is 5.78 Å². The maximum absolute atomic E-state index is 11.7. The molecule has 0 unspecified atom stereocenters. The van der Waals surface area contributed by atoms with Crippen LogP contribution in [-0.4, -0.2) is 31.3 Å². The first-order chi connectivity index (χ1) is 8.09. The summed E-state index contributed by atoms with van der Waals surface area (Å²) >= 11 is 0. The number of amides is 1. The van der Waals surface area contributed by atoms with Crippen molar-refractivity contribution >= 4 is 17.4 Å². The summed E-state index contributed by atoms with van der Waals surface area (Å²) in [5, 5.41) is 5.59. The van der Waals surface area contributed by atoms with Crippen LogP contribution in [0.3, 0.4) is 0 Å². The Morgan fingerprint density at radius 3 is 2.71 bits per heavy atom. The van der Waals surface area contributed by atoms with E-state index in [0.29, 0.717) is 24.3 Å². The molecule has 4 N–H and O–H groups in total. The van der Waals surface area contributed by atoms with Crippen molar-refractivity contribution in [2.45, 2.75) is 6.92 Å². The number of anilines is 1. The summed E-state index contributed by atoms with van der Waals surface area (Å²) in [6, 6.07) is 6.87. The van der Waals surface area contributed by atoms with Gasteiger partial charge >= 0.3 is 0 Å². The quantitative estimate of drug-likeness (QED) is 0.373. The normalized spacial score (nSPS) is 9.94. The van der Waals surface area contributed by atoms with Crippen molar-refractivity contribution in [2.24, 2.45) is 0 Å². The maximum atomic E-state index is 11.7. The molecule has 0 spiro atoms. The summed E-state index contributed by atoms with van der Waals surface area (Å²) in [5.41, 5.74) is 6.76. The lowest BCUT2D eigenvalue weighted by Gasteiger charge is -2.05. The number of nitrogens with two attached hydrogens (primary N) is 1. The van der Waals surface area contributed by atoms with E-state index in [9.17, 15) is 9.59 Å². The van der Waals surface area contributed by atoms with Crippen molar-refractivity contribution in [2.75, 3.05) is 25.4 Å². The van der Waals surface area contributed by atoms with E-state index in [1.165, 1.54) is 6.92 Å². The summed E-state index contributed by atoms with van der Waals surface area (Å²) in [4.78, 5) is 22.3. The number of benzene rings is 1. The minimum absolute atomic E-state index is 0.0138. The van der Waals surface area contributed by atoms with Crippen LogP contribution in [0.25, 0.3) is 0 Å². The highest BCUT2D eigenvalue weighted by Gasteiger charge is 2.04. The summed E-state index contributed by atoms with van der Waals surface area (Å²) in [7, 11) is 0. The van der Waals surface area contributed by atoms with Crippen molar-refractivity contribution in [1.29, 1.82) is 0 Å². The SMILES string of the molecule is CC(=O)NCCNCC(=O)c1cccc(N)c1. The number of hydrogen-bond acceptors (Lipinski definition) is 4. The average Bonchev–Trinajstić information content (AvgIpc) is 2.28. The number of rotatable bonds is 6. The molecule has 0 bridgehead atoms. The lowest BCUT2D eigenvalue weighted by Crippen LogP contribution is -2.32. The predicted octanol–water partition coefficient (Wildman–Crippen LogP) is 0.177. The molecule has 0 aliphatic rings. The van der Waals surface area contributed by atoms with Crippen LogP contribution in [-0.2, 0) is 4.79 Å². The molecule has 0 aliphatic carbocycles. The Morgan fingerprint density at radius 1 is 1.29 bits per heavy atom. The van der Waals surface area contributed by atoms with Gasteiger partial charge in [0.25, 0.3) is 0 Å². The average molecular weight is 235 g/mol. The molecule has 1 aromatic carbocycles. The number of carbonyl (C=O) groups excluding carboxylic acids is 2. The summed E-state index contributed by atoms with van der Waals surface area (Å²) in [6.45, 7) is 2.77. The van der Waals surface area contributed by atoms with Gasteiger partial charge in [0.2, 0.25) is 5.91 Å². The topological polar surface area (TPSA) is 84.2 Å². The van der Waals surface area contributed by atoms with Crippen molar-refractivity contribution < 1.29 is 9.59 Å². The second-order valence-corrected chi connectivity index (χ2v) is 3.71. The Bertz CT molecular complexity index is 404. The number of Topliss-reactive ketones (excluding diaryl/α,β-unsaturated/α-hetero) is 1. The van der Waals surface area contributed by atoms with Gasteiger partial charge in [-0.2, -0.15) is 0 Å². The van der Waals surface area contributed by atoms with Crippen LogP contribution in [0.2, 0.25) is 0 Å². The van der Waals surface area contributed by atoms with Crippen LogP contribution >= 0.6 is 0 Å². The smallest absolute Gasteiger partial charge is 0.216 e. The first-order valence-electron chi connectivity index (χ1n) is 5.43. The minimum Gasteiger partial charge on any atom is -0.399 e. The summed E-state index contributed by atoms with van der Waals surface area (Å²) < 4.78 is 0. The van der Waals surface area contributed by atoms with Crippen molar-refractivity contribution in [1.82, 2.24) is 10.6 Å². The van der Waals surface area contributed by atoms with E-state index >= 15 is 0 Å². The van der Waals surface area contributed by atoms with Gasteiger partial charge < -0.3 is 16.4 Å². The van der Waals surface area contributed by atoms with Crippen molar-refractivity contribution in [3.05, 3.63) is 29.8 Å². The molecule has 1 rings (SSSR count). The molecule has 5 nitrogen and oxygen atoms in total. The van der Waals surface area contributed by atoms with E-state index in [4.69, 9.17) is 5.73 Å². The van der Waals surface area contributed by atoms with Crippen LogP contribution in [0.5, 0.6) is 0 Å². The van der Waals surface area contributed by atoms with E-state index in [1.807, 2.05) is 0 Å². The Kier molecular flexibility index (Phi) is 5.16. The van der Waals surface area contributed by atoms with Crippen LogP contribution in [0, 0.1) is 0 Å². The first kappa shape index (κ1) is 13.2. The zero-order valence-electron chi connectivity index (χ0n) is 9.82. The number of ketones is 1. The van der Waals surface area contributed by atoms with Gasteiger partial charge in [-0.3, -0.25) is 9.59 Å². The van der Waals surface area contributed by atoms with Gasteiger partial charge in [-0.1, -0.05) is 12.1 Å². The van der Waals surface area contributed by atoms with E-state index in [-0.39, 0.29) is 18.2 Å². The molecule has 1 aromatic rings. The van der Waals surface area contributed by atoms with Gasteiger partial charge in [-0.25, -0.2) is 0 Å². The Hall–Kier alpha value is -1.88. The van der Waals surface area contributed by atoms with Gasteiger partial charge in [0.1, 0.15) is 0 Å². The highest BCUT2D eigenvalue weighted by Crippen LogP contribution is 2.06. The third kappa shape index (κ3) is 5.12. The fourth-order valence-corrected chi connectivity index (χ4v) is 1.34. The third-order valence-electron chi connectivity index (χ3n) is 2.17. The van der Waals surface area contributed by atoms with Crippen molar-refractivity contribution in [3.63, 3.8) is 0 Å². The predicted molar refractivity (Wildman–Crippen MR) is 66.7 cm³/mol. The van der Waals surface area contributed by atoms with Crippen LogP contribution in [0.1, 0.15) is 17.3 Å². The standard InChI is InChI=1S/C12H17N3O2/c1-9(16)15-6-5-14-8-12(17)10-3-2-4-11(13)7-10/h2-4,7,14H,5-6,8,13H2,1H3,(H,15,16). The van der Waals surface area contributed by atoms with Gasteiger partial charge in [-0.05, 0) is 12.1 Å². The first-order valence-corrected chi connectivity index (χ1v) is 5.43. The highest BCUT2D eigenvalue weighted by atomic mass is 16.1. The van der Waals surface area contributed by atoms with Gasteiger partial charge in [0.05, 0.1) is 6.54 Å². The second kappa shape index (κ2) is 6.65. The van der Waals surface area contributed by atoms with Crippen LogP contribution in [0.4, 0.5) is 5.69 Å². The number of hydrogen-bond donors (Lipinski definition) is 3. The number of nitrogen functional groups attached to an aromatic ring is 1. The fourth-order valence-electron chi connectivity index (χ4n) is 1.34. The van der Waals surface area contributed by atoms with Crippen LogP contribution < -0.4 is 16.4 Å². The molecule has 17 heavy (non-hydrogen) atoms. The molecule has 0 saturated heterocycles. The summed E-state index contributed by atoms with van der Waals surface area (Å²) in [5.74, 6) is -0.0888. The number of carbonyl (C=O) groups is 2. The molecular weight excluding hydrogens is 218 g/mol. The van der Waals surface area contributed by atoms with Crippen LogP contribution in [0.15, 0.2) is 24.3 Å². The largest absolute Gasteiger partial charge is 0.399 e. The van der Waals surface area contributed by atoms with Crippen molar-refractivity contribution in [3.8, 4) is 0 Å². The molecule has 0 aliphatic heterocycles. The third-order valence-corrected chi connectivity index (χ3v) is 2.17. The highest BCUT2D eigenvalue weighted by molar-refractivity contribution is 5.98. The molecule has 0 aromatic heterocycles. The molecule has 0 radical (unpaired) electrons.